The van der Waals surface area contributed by atoms with Gasteiger partial charge in [0.05, 0.1) is 5.69 Å². The van der Waals surface area contributed by atoms with Gasteiger partial charge in [-0.2, -0.15) is 5.10 Å². The summed E-state index contributed by atoms with van der Waals surface area (Å²) in [6.07, 6.45) is 0. The van der Waals surface area contributed by atoms with Crippen molar-refractivity contribution in [2.75, 3.05) is 11.4 Å². The zero-order valence-corrected chi connectivity index (χ0v) is 12.6. The van der Waals surface area contributed by atoms with Crippen LogP contribution in [-0.4, -0.2) is 16.7 Å². The van der Waals surface area contributed by atoms with E-state index < -0.39 is 0 Å². The number of aryl methyl sites for hydroxylation is 2. The van der Waals surface area contributed by atoms with Gasteiger partial charge in [-0.3, -0.25) is 0 Å². The van der Waals surface area contributed by atoms with E-state index in [1.165, 1.54) is 5.56 Å². The summed E-state index contributed by atoms with van der Waals surface area (Å²) in [4.78, 5) is 2.15. The number of hydrogen-bond donors (Lipinski definition) is 1. The molecule has 2 aromatic rings. The van der Waals surface area contributed by atoms with Crippen LogP contribution < -0.4 is 10.6 Å². The Balaban J connectivity index is 2.52. The van der Waals surface area contributed by atoms with Gasteiger partial charge >= 0.3 is 0 Å². The zero-order chi connectivity index (χ0) is 14.7. The third-order valence-electron chi connectivity index (χ3n) is 3.68. The molecule has 0 spiro atoms. The molecule has 2 rings (SSSR count). The molecule has 0 saturated carbocycles. The molecule has 20 heavy (non-hydrogen) atoms. The average molecular weight is 270 g/mol. The summed E-state index contributed by atoms with van der Waals surface area (Å²) in [5, 5.41) is 8.63. The van der Waals surface area contributed by atoms with Gasteiger partial charge in [-0.05, 0) is 45.4 Å². The molecule has 0 aliphatic carbocycles. The normalized spacial score (nSPS) is 10.7. The molecule has 106 valence electrons. The molecule has 0 aliphatic rings. The van der Waals surface area contributed by atoms with Crippen molar-refractivity contribution in [1.82, 2.24) is 10.2 Å². The fourth-order valence-electron chi connectivity index (χ4n) is 2.28. The lowest BCUT2D eigenvalue weighted by Crippen LogP contribution is -2.22. The summed E-state index contributed by atoms with van der Waals surface area (Å²) in [5.41, 5.74) is 11.4. The Morgan fingerprint density at radius 1 is 1.05 bits per heavy atom. The maximum absolute atomic E-state index is 5.92. The van der Waals surface area contributed by atoms with Gasteiger partial charge in [0.25, 0.3) is 0 Å². The van der Waals surface area contributed by atoms with Gasteiger partial charge in [-0.25, -0.2) is 0 Å². The highest BCUT2D eigenvalue weighted by molar-refractivity contribution is 5.64. The third kappa shape index (κ3) is 2.65. The Hall–Kier alpha value is -1.94. The maximum atomic E-state index is 5.92. The van der Waals surface area contributed by atoms with E-state index in [0.717, 1.165) is 34.9 Å². The van der Waals surface area contributed by atoms with Crippen LogP contribution in [0.4, 0.5) is 11.5 Å². The van der Waals surface area contributed by atoms with Crippen molar-refractivity contribution < 1.29 is 0 Å². The Labute approximate surface area is 120 Å². The van der Waals surface area contributed by atoms with E-state index in [1.807, 2.05) is 6.92 Å². The molecule has 4 nitrogen and oxygen atoms in total. The van der Waals surface area contributed by atoms with E-state index >= 15 is 0 Å². The number of hydrogen-bond acceptors (Lipinski definition) is 4. The van der Waals surface area contributed by atoms with E-state index in [2.05, 4.69) is 60.1 Å². The molecule has 0 fully saturated rings. The summed E-state index contributed by atoms with van der Waals surface area (Å²) < 4.78 is 0. The summed E-state index contributed by atoms with van der Waals surface area (Å²) >= 11 is 0. The van der Waals surface area contributed by atoms with E-state index in [0.29, 0.717) is 6.54 Å². The highest BCUT2D eigenvalue weighted by Crippen LogP contribution is 2.28. The lowest BCUT2D eigenvalue weighted by atomic mass is 10.1. The van der Waals surface area contributed by atoms with Crippen molar-refractivity contribution in [3.8, 4) is 0 Å². The van der Waals surface area contributed by atoms with Gasteiger partial charge in [-0.1, -0.05) is 17.7 Å². The number of nitrogens with two attached hydrogens (primary N) is 1. The van der Waals surface area contributed by atoms with Crippen LogP contribution >= 0.6 is 0 Å². The summed E-state index contributed by atoms with van der Waals surface area (Å²) in [6.45, 7) is 9.51. The van der Waals surface area contributed by atoms with Crippen LogP contribution in [0.5, 0.6) is 0 Å². The molecule has 0 atom stereocenters. The van der Waals surface area contributed by atoms with Crippen LogP contribution in [0.3, 0.4) is 0 Å². The maximum Gasteiger partial charge on any atom is 0.160 e. The predicted octanol–water partition coefficient (Wildman–Crippen LogP) is 3.02. The summed E-state index contributed by atoms with van der Waals surface area (Å²) in [5.74, 6) is 0.863. The molecule has 1 aromatic heterocycles. The smallest absolute Gasteiger partial charge is 0.160 e. The largest absolute Gasteiger partial charge is 0.326 e. The van der Waals surface area contributed by atoms with Crippen LogP contribution in [0, 0.1) is 20.8 Å². The minimum absolute atomic E-state index is 0.472. The molecule has 0 unspecified atom stereocenters. The standard InChI is InChI=1S/C16H22N4/c1-5-20(14-8-6-11(2)7-9-14)16-15(10-17)12(3)13(4)18-19-16/h6-9H,5,10,17H2,1-4H3. The first-order valence-corrected chi connectivity index (χ1v) is 6.95. The Bertz CT molecular complexity index is 590. The number of benzene rings is 1. The second-order valence-corrected chi connectivity index (χ2v) is 5.00. The predicted molar refractivity (Wildman–Crippen MR) is 83.3 cm³/mol. The second kappa shape index (κ2) is 6.01. The molecule has 1 heterocycles. The van der Waals surface area contributed by atoms with Crippen LogP contribution in [0.25, 0.3) is 0 Å². The van der Waals surface area contributed by atoms with Crippen molar-refractivity contribution in [1.29, 1.82) is 0 Å². The second-order valence-electron chi connectivity index (χ2n) is 5.00. The van der Waals surface area contributed by atoms with E-state index in [1.54, 1.807) is 0 Å². The Morgan fingerprint density at radius 3 is 2.25 bits per heavy atom. The average Bonchev–Trinajstić information content (AvgIpc) is 2.45. The highest BCUT2D eigenvalue weighted by Gasteiger charge is 2.16. The first kappa shape index (κ1) is 14.5. The first-order valence-electron chi connectivity index (χ1n) is 6.95. The van der Waals surface area contributed by atoms with Crippen molar-refractivity contribution in [3.05, 3.63) is 46.6 Å². The molecule has 0 aliphatic heterocycles. The van der Waals surface area contributed by atoms with Crippen molar-refractivity contribution in [2.45, 2.75) is 34.2 Å². The van der Waals surface area contributed by atoms with Crippen molar-refractivity contribution in [3.63, 3.8) is 0 Å². The third-order valence-corrected chi connectivity index (χ3v) is 3.68. The van der Waals surface area contributed by atoms with Gasteiger partial charge in [0.1, 0.15) is 0 Å². The molecule has 4 heteroatoms. The quantitative estimate of drug-likeness (QED) is 0.928. The molecule has 0 radical (unpaired) electrons. The molecule has 1 aromatic carbocycles. The minimum atomic E-state index is 0.472. The van der Waals surface area contributed by atoms with Gasteiger partial charge in [0, 0.05) is 24.3 Å². The number of anilines is 2. The molecular weight excluding hydrogens is 248 g/mol. The van der Waals surface area contributed by atoms with Gasteiger partial charge < -0.3 is 10.6 Å². The van der Waals surface area contributed by atoms with Crippen LogP contribution in [0.2, 0.25) is 0 Å². The van der Waals surface area contributed by atoms with Gasteiger partial charge in [-0.15, -0.1) is 5.10 Å². The van der Waals surface area contributed by atoms with E-state index in [9.17, 15) is 0 Å². The fourth-order valence-corrected chi connectivity index (χ4v) is 2.28. The Kier molecular flexibility index (Phi) is 4.35. The van der Waals surface area contributed by atoms with Crippen LogP contribution in [-0.2, 0) is 6.54 Å². The highest BCUT2D eigenvalue weighted by atomic mass is 15.3. The fraction of sp³-hybridized carbons (Fsp3) is 0.375. The SMILES string of the molecule is CCN(c1ccc(C)cc1)c1nnc(C)c(C)c1CN. The number of rotatable bonds is 4. The van der Waals surface area contributed by atoms with Crippen molar-refractivity contribution in [2.24, 2.45) is 5.73 Å². The molecule has 2 N–H and O–H groups in total. The first-order chi connectivity index (χ1) is 9.58. The summed E-state index contributed by atoms with van der Waals surface area (Å²) in [7, 11) is 0. The monoisotopic (exact) mass is 270 g/mol. The lowest BCUT2D eigenvalue weighted by Gasteiger charge is -2.25. The van der Waals surface area contributed by atoms with Gasteiger partial charge in [0.2, 0.25) is 0 Å². The summed E-state index contributed by atoms with van der Waals surface area (Å²) in [6, 6.07) is 8.43. The lowest BCUT2D eigenvalue weighted by molar-refractivity contribution is 0.863. The van der Waals surface area contributed by atoms with Crippen molar-refractivity contribution >= 4 is 11.5 Å². The topological polar surface area (TPSA) is 55.0 Å². The number of aromatic nitrogens is 2. The van der Waals surface area contributed by atoms with Gasteiger partial charge in [0.15, 0.2) is 5.82 Å². The molecular formula is C16H22N4. The molecule has 0 amide bonds. The van der Waals surface area contributed by atoms with E-state index in [4.69, 9.17) is 5.73 Å². The Morgan fingerprint density at radius 2 is 1.70 bits per heavy atom. The number of nitrogens with zero attached hydrogens (tertiary/aromatic N) is 3. The van der Waals surface area contributed by atoms with E-state index in [-0.39, 0.29) is 0 Å². The zero-order valence-electron chi connectivity index (χ0n) is 12.6. The van der Waals surface area contributed by atoms with Crippen LogP contribution in [0.15, 0.2) is 24.3 Å². The molecule has 0 saturated heterocycles. The minimum Gasteiger partial charge on any atom is -0.326 e. The van der Waals surface area contributed by atoms with Crippen LogP contribution in [0.1, 0.15) is 29.3 Å². The molecule has 0 bridgehead atoms.